The molecule has 1 unspecified atom stereocenters. The number of halogens is 3. The maximum absolute atomic E-state index is 12.8. The van der Waals surface area contributed by atoms with Gasteiger partial charge in [0, 0.05) is 25.2 Å². The molecule has 0 aliphatic carbocycles. The molecule has 0 radical (unpaired) electrons. The SMILES string of the molecule is CCS(=O)c1cncnc1-c1nc2cc(C(F)(F)F)cnc2n1C. The fourth-order valence-electron chi connectivity index (χ4n) is 2.25. The Labute approximate surface area is 137 Å². The quantitative estimate of drug-likeness (QED) is 0.722. The first-order chi connectivity index (χ1) is 11.3. The molecule has 3 aromatic heterocycles. The first-order valence-corrected chi connectivity index (χ1v) is 8.23. The molecule has 3 aromatic rings. The molecule has 6 nitrogen and oxygen atoms in total. The number of hydrogen-bond donors (Lipinski definition) is 0. The molecule has 0 aromatic carbocycles. The predicted molar refractivity (Wildman–Crippen MR) is 81.5 cm³/mol. The van der Waals surface area contributed by atoms with Gasteiger partial charge in [-0.05, 0) is 6.07 Å². The summed E-state index contributed by atoms with van der Waals surface area (Å²) in [6.45, 7) is 1.75. The van der Waals surface area contributed by atoms with Gasteiger partial charge in [-0.3, -0.25) is 4.21 Å². The van der Waals surface area contributed by atoms with Gasteiger partial charge in [0.25, 0.3) is 0 Å². The highest BCUT2D eigenvalue weighted by atomic mass is 32.2. The summed E-state index contributed by atoms with van der Waals surface area (Å²) in [5.41, 5.74) is -0.182. The molecular weight excluding hydrogens is 343 g/mol. The van der Waals surface area contributed by atoms with E-state index in [2.05, 4.69) is 19.9 Å². The van der Waals surface area contributed by atoms with Gasteiger partial charge in [0.1, 0.15) is 17.5 Å². The fraction of sp³-hybridized carbons (Fsp3) is 0.286. The van der Waals surface area contributed by atoms with E-state index in [0.29, 0.717) is 16.3 Å². The smallest absolute Gasteiger partial charge is 0.310 e. The van der Waals surface area contributed by atoms with Crippen LogP contribution in [0, 0.1) is 0 Å². The minimum Gasteiger partial charge on any atom is -0.310 e. The zero-order valence-electron chi connectivity index (χ0n) is 12.7. The molecule has 0 fully saturated rings. The van der Waals surface area contributed by atoms with Crippen molar-refractivity contribution in [2.75, 3.05) is 5.75 Å². The van der Waals surface area contributed by atoms with Crippen molar-refractivity contribution in [3.8, 4) is 11.5 Å². The third kappa shape index (κ3) is 2.77. The number of rotatable bonds is 3. The van der Waals surface area contributed by atoms with Gasteiger partial charge in [-0.15, -0.1) is 0 Å². The highest BCUT2D eigenvalue weighted by molar-refractivity contribution is 7.85. The molecule has 3 rings (SSSR count). The lowest BCUT2D eigenvalue weighted by Crippen LogP contribution is -2.05. The van der Waals surface area contributed by atoms with Crippen LogP contribution in [-0.2, 0) is 24.0 Å². The zero-order valence-corrected chi connectivity index (χ0v) is 13.5. The third-order valence-electron chi connectivity index (χ3n) is 3.43. The third-order valence-corrected chi connectivity index (χ3v) is 4.75. The van der Waals surface area contributed by atoms with Crippen molar-refractivity contribution in [2.45, 2.75) is 18.0 Å². The van der Waals surface area contributed by atoms with Crippen molar-refractivity contribution >= 4 is 22.0 Å². The largest absolute Gasteiger partial charge is 0.417 e. The molecule has 0 spiro atoms. The molecule has 0 aliphatic rings. The van der Waals surface area contributed by atoms with Gasteiger partial charge in [0.15, 0.2) is 11.5 Å². The average molecular weight is 355 g/mol. The number of aromatic nitrogens is 5. The van der Waals surface area contributed by atoms with Crippen molar-refractivity contribution in [1.29, 1.82) is 0 Å². The summed E-state index contributed by atoms with van der Waals surface area (Å²) < 4.78 is 52.2. The monoisotopic (exact) mass is 355 g/mol. The van der Waals surface area contributed by atoms with Crippen molar-refractivity contribution in [1.82, 2.24) is 24.5 Å². The first kappa shape index (κ1) is 16.5. The maximum atomic E-state index is 12.8. The lowest BCUT2D eigenvalue weighted by Gasteiger charge is -2.06. The normalized spacial score (nSPS) is 13.4. The number of fused-ring (bicyclic) bond motifs is 1. The van der Waals surface area contributed by atoms with E-state index in [1.54, 1.807) is 14.0 Å². The maximum Gasteiger partial charge on any atom is 0.417 e. The Hall–Kier alpha value is -2.36. The van der Waals surface area contributed by atoms with E-state index in [0.717, 1.165) is 12.3 Å². The van der Waals surface area contributed by atoms with Gasteiger partial charge in [0.05, 0.1) is 21.3 Å². The van der Waals surface area contributed by atoms with Crippen LogP contribution in [-0.4, -0.2) is 34.5 Å². The van der Waals surface area contributed by atoms with Crippen LogP contribution in [0.25, 0.3) is 22.7 Å². The van der Waals surface area contributed by atoms with Crippen LogP contribution in [0.4, 0.5) is 13.2 Å². The Bertz CT molecular complexity index is 938. The Morgan fingerprint density at radius 3 is 2.67 bits per heavy atom. The summed E-state index contributed by atoms with van der Waals surface area (Å²) in [5.74, 6) is 0.650. The summed E-state index contributed by atoms with van der Waals surface area (Å²) >= 11 is 0. The minimum absolute atomic E-state index is 0.0918. The molecule has 0 aliphatic heterocycles. The van der Waals surface area contributed by atoms with Crippen molar-refractivity contribution in [2.24, 2.45) is 7.05 Å². The average Bonchev–Trinajstić information content (AvgIpc) is 2.89. The van der Waals surface area contributed by atoms with E-state index in [1.807, 2.05) is 0 Å². The summed E-state index contributed by atoms with van der Waals surface area (Å²) in [6, 6.07) is 0.934. The molecule has 1 atom stereocenters. The van der Waals surface area contributed by atoms with Crippen LogP contribution in [0.15, 0.2) is 29.7 Å². The lowest BCUT2D eigenvalue weighted by molar-refractivity contribution is -0.137. The van der Waals surface area contributed by atoms with E-state index < -0.39 is 22.5 Å². The van der Waals surface area contributed by atoms with Crippen LogP contribution in [0.3, 0.4) is 0 Å². The van der Waals surface area contributed by atoms with Gasteiger partial charge in [-0.1, -0.05) is 6.92 Å². The number of nitrogens with zero attached hydrogens (tertiary/aromatic N) is 5. The number of hydrogen-bond acceptors (Lipinski definition) is 5. The first-order valence-electron chi connectivity index (χ1n) is 6.91. The van der Waals surface area contributed by atoms with Gasteiger partial charge in [-0.25, -0.2) is 19.9 Å². The summed E-state index contributed by atoms with van der Waals surface area (Å²) in [7, 11) is 0.287. The van der Waals surface area contributed by atoms with Crippen molar-refractivity contribution < 1.29 is 17.4 Å². The summed E-state index contributed by atoms with van der Waals surface area (Å²) in [4.78, 5) is 16.4. The molecule has 10 heteroatoms. The van der Waals surface area contributed by atoms with E-state index in [4.69, 9.17) is 0 Å². The fourth-order valence-corrected chi connectivity index (χ4v) is 3.10. The molecule has 0 bridgehead atoms. The summed E-state index contributed by atoms with van der Waals surface area (Å²) in [5, 5.41) is 0. The lowest BCUT2D eigenvalue weighted by atomic mass is 10.2. The van der Waals surface area contributed by atoms with Crippen molar-refractivity contribution in [3.05, 3.63) is 30.4 Å². The predicted octanol–water partition coefficient (Wildman–Crippen LogP) is 2.57. The van der Waals surface area contributed by atoms with Crippen LogP contribution in [0.1, 0.15) is 12.5 Å². The summed E-state index contributed by atoms with van der Waals surface area (Å²) in [6.07, 6.45) is -1.03. The topological polar surface area (TPSA) is 73.6 Å². The Morgan fingerprint density at radius 1 is 1.25 bits per heavy atom. The number of pyridine rings is 1. The molecule has 3 heterocycles. The molecule has 126 valence electrons. The molecule has 0 saturated carbocycles. The second-order valence-corrected chi connectivity index (χ2v) is 6.64. The van der Waals surface area contributed by atoms with Crippen LogP contribution >= 0.6 is 0 Å². The van der Waals surface area contributed by atoms with Crippen molar-refractivity contribution in [3.63, 3.8) is 0 Å². The van der Waals surface area contributed by atoms with Crippen LogP contribution < -0.4 is 0 Å². The standard InChI is InChI=1S/C14H12F3N5OS/c1-3-24(23)10-6-18-7-20-11(10)13-21-9-4-8(14(15,16)17)5-19-12(9)22(13)2/h4-7H,3H2,1-2H3. The van der Waals surface area contributed by atoms with Gasteiger partial charge >= 0.3 is 6.18 Å². The number of aryl methyl sites for hydroxylation is 1. The molecular formula is C14H12F3N5OS. The zero-order chi connectivity index (χ0) is 17.5. The number of imidazole rings is 1. The molecule has 24 heavy (non-hydrogen) atoms. The van der Waals surface area contributed by atoms with E-state index >= 15 is 0 Å². The highest BCUT2D eigenvalue weighted by Gasteiger charge is 2.32. The Morgan fingerprint density at radius 2 is 2.00 bits per heavy atom. The van der Waals surface area contributed by atoms with E-state index in [1.165, 1.54) is 17.1 Å². The van der Waals surface area contributed by atoms with Crippen LogP contribution in [0.2, 0.25) is 0 Å². The second-order valence-electron chi connectivity index (χ2n) is 4.93. The van der Waals surface area contributed by atoms with E-state index in [9.17, 15) is 17.4 Å². The van der Waals surface area contributed by atoms with Crippen LogP contribution in [0.5, 0.6) is 0 Å². The van der Waals surface area contributed by atoms with Gasteiger partial charge in [0.2, 0.25) is 0 Å². The minimum atomic E-state index is -4.50. The Balaban J connectivity index is 2.22. The van der Waals surface area contributed by atoms with E-state index in [-0.39, 0.29) is 17.0 Å². The molecule has 0 N–H and O–H groups in total. The second kappa shape index (κ2) is 5.93. The van der Waals surface area contributed by atoms with Gasteiger partial charge in [-0.2, -0.15) is 13.2 Å². The molecule has 0 amide bonds. The number of alkyl halides is 3. The van der Waals surface area contributed by atoms with Gasteiger partial charge < -0.3 is 4.57 Å². The highest BCUT2D eigenvalue weighted by Crippen LogP contribution is 2.32. The molecule has 0 saturated heterocycles. The Kier molecular flexibility index (Phi) is 4.08.